The van der Waals surface area contributed by atoms with E-state index in [1.165, 1.54) is 19.2 Å². The maximum atomic E-state index is 13.1. The molecular weight excluding hydrogens is 551 g/mol. The molecule has 220 valence electrons. The van der Waals surface area contributed by atoms with Crippen molar-refractivity contribution in [1.29, 1.82) is 0 Å². The minimum Gasteiger partial charge on any atom is -0.483 e. The number of imidazole rings is 1. The maximum absolute atomic E-state index is 13.1. The summed E-state index contributed by atoms with van der Waals surface area (Å²) in [4.78, 5) is 37.5. The molecule has 0 spiro atoms. The number of nitrogens with one attached hydrogen (secondary N) is 2. The summed E-state index contributed by atoms with van der Waals surface area (Å²) >= 11 is 0. The van der Waals surface area contributed by atoms with Gasteiger partial charge in [0.05, 0.1) is 24.4 Å². The van der Waals surface area contributed by atoms with Gasteiger partial charge in [-0.1, -0.05) is 48.5 Å². The molecule has 0 aliphatic carbocycles. The minimum absolute atomic E-state index is 0.250. The Morgan fingerprint density at radius 2 is 1.67 bits per heavy atom. The number of methoxy groups -OCH3 is 1. The summed E-state index contributed by atoms with van der Waals surface area (Å²) in [5.41, 5.74) is 6.15. The van der Waals surface area contributed by atoms with E-state index >= 15 is 0 Å². The number of pyridine rings is 1. The molecule has 2 aromatic heterocycles. The lowest BCUT2D eigenvalue weighted by Crippen LogP contribution is -2.30. The molecule has 0 bridgehead atoms. The van der Waals surface area contributed by atoms with Crippen LogP contribution in [0.25, 0.3) is 28.0 Å². The van der Waals surface area contributed by atoms with Gasteiger partial charge in [-0.3, -0.25) is 14.0 Å². The van der Waals surface area contributed by atoms with Gasteiger partial charge in [0.1, 0.15) is 11.5 Å². The van der Waals surface area contributed by atoms with E-state index in [4.69, 9.17) is 14.6 Å². The molecule has 5 rings (SSSR count). The van der Waals surface area contributed by atoms with Gasteiger partial charge in [0.2, 0.25) is 0 Å². The van der Waals surface area contributed by atoms with Crippen LogP contribution in [0, 0.1) is 5.82 Å². The van der Waals surface area contributed by atoms with Crippen molar-refractivity contribution in [3.8, 4) is 22.4 Å². The van der Waals surface area contributed by atoms with Crippen LogP contribution in [0.5, 0.6) is 0 Å². The van der Waals surface area contributed by atoms with Gasteiger partial charge in [-0.2, -0.15) is 0 Å². The number of rotatable bonds is 7. The molecule has 43 heavy (non-hydrogen) atoms. The Morgan fingerprint density at radius 1 is 0.977 bits per heavy atom. The van der Waals surface area contributed by atoms with Gasteiger partial charge in [-0.25, -0.2) is 14.2 Å². The molecule has 0 radical (unpaired) electrons. The van der Waals surface area contributed by atoms with Crippen molar-refractivity contribution in [2.45, 2.75) is 25.8 Å². The zero-order valence-electron chi connectivity index (χ0n) is 23.9. The normalized spacial score (nSPS) is 10.8. The number of nitrogens with zero attached hydrogens (tertiary/aromatic N) is 2. The van der Waals surface area contributed by atoms with Gasteiger partial charge < -0.3 is 20.5 Å². The summed E-state index contributed by atoms with van der Waals surface area (Å²) in [6, 6.07) is 25.1. The van der Waals surface area contributed by atoms with Crippen molar-refractivity contribution in [1.82, 2.24) is 14.7 Å². The number of anilines is 1. The molecule has 2 heterocycles. The van der Waals surface area contributed by atoms with E-state index in [1.807, 2.05) is 85.1 Å². The summed E-state index contributed by atoms with van der Waals surface area (Å²) in [6.45, 7) is 3.72. The van der Waals surface area contributed by atoms with Crippen LogP contribution in [0.3, 0.4) is 0 Å². The van der Waals surface area contributed by atoms with E-state index in [1.54, 1.807) is 18.3 Å². The van der Waals surface area contributed by atoms with Crippen molar-refractivity contribution >= 4 is 29.8 Å². The molecule has 0 fully saturated rings. The van der Waals surface area contributed by atoms with E-state index in [-0.39, 0.29) is 30.8 Å². The number of urea groups is 1. The van der Waals surface area contributed by atoms with Crippen LogP contribution in [0.1, 0.15) is 25.0 Å². The summed E-state index contributed by atoms with van der Waals surface area (Å²) in [7, 11) is 1.40. The summed E-state index contributed by atoms with van der Waals surface area (Å²) in [5.74, 6) is -0.597. The molecule has 10 heteroatoms. The molecule has 3 aromatic carbocycles. The largest absolute Gasteiger partial charge is 0.483 e. The van der Waals surface area contributed by atoms with Crippen LogP contribution in [-0.2, 0) is 26.3 Å². The van der Waals surface area contributed by atoms with Crippen LogP contribution in [0.2, 0.25) is 0 Å². The topological polar surface area (TPSA) is 122 Å². The van der Waals surface area contributed by atoms with Gasteiger partial charge in [0, 0.05) is 24.0 Å². The van der Waals surface area contributed by atoms with E-state index < -0.39 is 5.41 Å². The zero-order chi connectivity index (χ0) is 31.0. The first-order valence-corrected chi connectivity index (χ1v) is 13.3. The van der Waals surface area contributed by atoms with Crippen molar-refractivity contribution in [3.05, 3.63) is 114 Å². The van der Waals surface area contributed by atoms with E-state index in [9.17, 15) is 14.0 Å². The smallest absolute Gasteiger partial charge is 0.319 e. The number of hydrogen-bond donors (Lipinski definition) is 3. The Balaban J connectivity index is 0.00000135. The highest BCUT2D eigenvalue weighted by Gasteiger charge is 2.30. The second-order valence-electron chi connectivity index (χ2n) is 10.1. The van der Waals surface area contributed by atoms with Crippen molar-refractivity contribution in [3.63, 3.8) is 0 Å². The highest BCUT2D eigenvalue weighted by Crippen LogP contribution is 2.30. The zero-order valence-corrected chi connectivity index (χ0v) is 23.9. The molecule has 0 aliphatic rings. The molecule has 0 saturated heterocycles. The molecular formula is C33H31FN4O5. The molecule has 5 aromatic rings. The Labute approximate surface area is 248 Å². The average Bonchev–Trinajstić information content (AvgIpc) is 3.44. The predicted molar refractivity (Wildman–Crippen MR) is 162 cm³/mol. The minimum atomic E-state index is -0.734. The van der Waals surface area contributed by atoms with Gasteiger partial charge in [0.25, 0.3) is 6.47 Å². The van der Waals surface area contributed by atoms with Crippen LogP contribution < -0.4 is 10.6 Å². The van der Waals surface area contributed by atoms with Crippen LogP contribution >= 0.6 is 0 Å². The number of amides is 2. The first-order valence-electron chi connectivity index (χ1n) is 13.3. The Morgan fingerprint density at radius 3 is 2.35 bits per heavy atom. The monoisotopic (exact) mass is 582 g/mol. The highest BCUT2D eigenvalue weighted by atomic mass is 19.1. The van der Waals surface area contributed by atoms with Crippen molar-refractivity contribution in [2.24, 2.45) is 0 Å². The number of halogens is 1. The number of fused-ring (bicyclic) bond motifs is 1. The van der Waals surface area contributed by atoms with Crippen LogP contribution in [0.4, 0.5) is 14.9 Å². The number of benzene rings is 3. The first kappa shape index (κ1) is 30.4. The van der Waals surface area contributed by atoms with Gasteiger partial charge >= 0.3 is 12.0 Å². The third-order valence-electron chi connectivity index (χ3n) is 6.93. The number of ether oxygens (including phenoxy) is 1. The number of esters is 1. The van der Waals surface area contributed by atoms with Crippen LogP contribution in [-0.4, -0.2) is 40.1 Å². The third kappa shape index (κ3) is 7.23. The van der Waals surface area contributed by atoms with E-state index in [2.05, 4.69) is 15.6 Å². The first-order chi connectivity index (χ1) is 20.7. The number of hydrogen-bond acceptors (Lipinski definition) is 5. The molecule has 0 unspecified atom stereocenters. The fourth-order valence-corrected chi connectivity index (χ4v) is 4.54. The Kier molecular flexibility index (Phi) is 9.51. The van der Waals surface area contributed by atoms with Crippen molar-refractivity contribution in [2.75, 3.05) is 12.4 Å². The van der Waals surface area contributed by atoms with E-state index in [0.29, 0.717) is 5.69 Å². The second kappa shape index (κ2) is 13.4. The fourth-order valence-electron chi connectivity index (χ4n) is 4.54. The van der Waals surface area contributed by atoms with Gasteiger partial charge in [-0.05, 0) is 72.5 Å². The lowest BCUT2D eigenvalue weighted by atomic mass is 9.84. The van der Waals surface area contributed by atoms with Gasteiger partial charge in [0.15, 0.2) is 0 Å². The Hall–Kier alpha value is -5.51. The van der Waals surface area contributed by atoms with Gasteiger partial charge in [-0.15, -0.1) is 0 Å². The molecule has 0 saturated carbocycles. The number of carbonyl (C=O) groups is 3. The fraction of sp³-hybridized carbons (Fsp3) is 0.152. The maximum Gasteiger partial charge on any atom is 0.319 e. The lowest BCUT2D eigenvalue weighted by Gasteiger charge is -2.22. The predicted octanol–water partition coefficient (Wildman–Crippen LogP) is 6.28. The lowest BCUT2D eigenvalue weighted by molar-refractivity contribution is -0.146. The number of carbonyl (C=O) groups excluding carboxylic acids is 2. The second-order valence-corrected chi connectivity index (χ2v) is 10.1. The summed E-state index contributed by atoms with van der Waals surface area (Å²) in [6.07, 6.45) is 3.77. The van der Waals surface area contributed by atoms with Crippen LogP contribution in [0.15, 0.2) is 97.3 Å². The molecule has 3 N–H and O–H groups in total. The molecule has 0 atom stereocenters. The SMILES string of the molecule is COC(=O)C(C)(C)c1ccc(-c2ccn3c(-c4cccc(NC(=O)NCc5ccc(F)cc5)c4)cnc3c2)cc1.O=CO. The molecule has 9 nitrogen and oxygen atoms in total. The molecule has 0 aliphatic heterocycles. The standard InChI is InChI=1S/C32H29FN4O3.CH2O2/c1-32(2,30(38)40-3)25-11-9-22(10-12-25)23-15-16-37-28(20-34-29(37)18-23)24-5-4-6-27(17-24)36-31(39)35-19-21-7-13-26(33)14-8-21;2-1-3/h4-18,20H,19H2,1-3H3,(H2,35,36,39);1H,(H,2,3). The van der Waals surface area contributed by atoms with E-state index in [0.717, 1.165) is 39.2 Å². The quantitative estimate of drug-likeness (QED) is 0.153. The van der Waals surface area contributed by atoms with Crippen molar-refractivity contribution < 1.29 is 28.6 Å². The average molecular weight is 583 g/mol. The highest BCUT2D eigenvalue weighted by molar-refractivity contribution is 5.90. The Bertz CT molecular complexity index is 1730. The summed E-state index contributed by atoms with van der Waals surface area (Å²) in [5, 5.41) is 12.5. The molecule has 2 amide bonds. The number of aromatic nitrogens is 2. The third-order valence-corrected chi connectivity index (χ3v) is 6.93. The number of carboxylic acid groups (broad SMARTS) is 1. The summed E-state index contributed by atoms with van der Waals surface area (Å²) < 4.78 is 20.0.